The maximum Gasteiger partial charge on any atom is 0.330 e. The molecule has 3 nitrogen and oxygen atoms in total. The van der Waals surface area contributed by atoms with E-state index in [0.717, 1.165) is 19.3 Å². The van der Waals surface area contributed by atoms with E-state index < -0.39 is 7.60 Å². The lowest BCUT2D eigenvalue weighted by atomic mass is 9.90. The Balaban J connectivity index is 2.36. The van der Waals surface area contributed by atoms with Crippen LogP contribution in [0.4, 0.5) is 0 Å². The zero-order valence-corrected chi connectivity index (χ0v) is 12.9. The Morgan fingerprint density at radius 1 is 1.06 bits per heavy atom. The van der Waals surface area contributed by atoms with Crippen LogP contribution < -0.4 is 0 Å². The highest BCUT2D eigenvalue weighted by atomic mass is 31.2. The summed E-state index contributed by atoms with van der Waals surface area (Å²) >= 11 is 0. The molecule has 0 N–H and O–H groups in total. The average Bonchev–Trinajstić information content (AvgIpc) is 2.42. The predicted molar refractivity (Wildman–Crippen MR) is 76.2 cm³/mol. The van der Waals surface area contributed by atoms with Gasteiger partial charge in [0, 0.05) is 0 Å². The first-order valence-electron chi connectivity index (χ1n) is 7.58. The summed E-state index contributed by atoms with van der Waals surface area (Å²) in [6, 6.07) is 0. The van der Waals surface area contributed by atoms with Gasteiger partial charge >= 0.3 is 7.60 Å². The van der Waals surface area contributed by atoms with Crippen molar-refractivity contribution in [2.45, 2.75) is 65.2 Å². The molecule has 0 aromatic carbocycles. The third-order valence-electron chi connectivity index (χ3n) is 3.51. The van der Waals surface area contributed by atoms with Crippen molar-refractivity contribution < 1.29 is 13.6 Å². The van der Waals surface area contributed by atoms with E-state index in [1.165, 1.54) is 32.1 Å². The second-order valence-corrected chi connectivity index (χ2v) is 7.51. The monoisotopic (exact) mass is 276 g/mol. The van der Waals surface area contributed by atoms with E-state index in [2.05, 4.69) is 6.92 Å². The zero-order valence-electron chi connectivity index (χ0n) is 12.0. The zero-order chi connectivity index (χ0) is 13.3. The Morgan fingerprint density at radius 2 is 1.78 bits per heavy atom. The summed E-state index contributed by atoms with van der Waals surface area (Å²) in [6.07, 6.45) is 9.81. The van der Waals surface area contributed by atoms with Crippen molar-refractivity contribution in [2.75, 3.05) is 19.4 Å². The van der Waals surface area contributed by atoms with Crippen LogP contribution in [0.15, 0.2) is 0 Å². The fraction of sp³-hybridized carbons (Fsp3) is 1.00. The Kier molecular flexibility index (Phi) is 8.21. The quantitative estimate of drug-likeness (QED) is 0.556. The van der Waals surface area contributed by atoms with Crippen molar-refractivity contribution in [3.8, 4) is 0 Å². The molecule has 0 bridgehead atoms. The highest BCUT2D eigenvalue weighted by Crippen LogP contribution is 2.49. The minimum absolute atomic E-state index is 0.547. The fourth-order valence-corrected chi connectivity index (χ4v) is 4.26. The molecule has 108 valence electrons. The molecule has 1 aliphatic rings. The molecule has 0 spiro atoms. The van der Waals surface area contributed by atoms with Crippen molar-refractivity contribution in [1.29, 1.82) is 0 Å². The topological polar surface area (TPSA) is 35.5 Å². The highest BCUT2D eigenvalue weighted by molar-refractivity contribution is 7.53. The minimum atomic E-state index is -2.82. The van der Waals surface area contributed by atoms with Gasteiger partial charge in [-0.2, -0.15) is 0 Å². The third-order valence-corrected chi connectivity index (χ3v) is 5.49. The summed E-state index contributed by atoms with van der Waals surface area (Å²) in [5.74, 6) is 0.596. The fourth-order valence-electron chi connectivity index (χ4n) is 2.32. The van der Waals surface area contributed by atoms with Gasteiger partial charge in [-0.3, -0.25) is 4.57 Å². The second-order valence-electron chi connectivity index (χ2n) is 5.32. The van der Waals surface area contributed by atoms with Crippen LogP contribution in [0.3, 0.4) is 0 Å². The van der Waals surface area contributed by atoms with Crippen LogP contribution in [0, 0.1) is 5.92 Å². The molecule has 0 saturated heterocycles. The molecular formula is C14H29O3P. The molecule has 1 saturated carbocycles. The maximum absolute atomic E-state index is 12.5. The van der Waals surface area contributed by atoms with E-state index in [1.54, 1.807) is 0 Å². The smallest absolute Gasteiger partial charge is 0.309 e. The van der Waals surface area contributed by atoms with E-state index in [-0.39, 0.29) is 0 Å². The molecule has 1 rings (SSSR count). The van der Waals surface area contributed by atoms with Gasteiger partial charge < -0.3 is 9.05 Å². The van der Waals surface area contributed by atoms with Gasteiger partial charge in [-0.25, -0.2) is 0 Å². The van der Waals surface area contributed by atoms with Crippen molar-refractivity contribution in [1.82, 2.24) is 0 Å². The van der Waals surface area contributed by atoms with Gasteiger partial charge in [-0.1, -0.05) is 39.5 Å². The molecule has 0 aromatic rings. The Bertz CT molecular complexity index is 237. The standard InChI is InChI=1S/C14H29O3P/c1-3-5-12-18(15,16-11-4-2)17-13-14-9-7-6-8-10-14/h14H,3-13H2,1-2H3. The largest absolute Gasteiger partial charge is 0.330 e. The lowest BCUT2D eigenvalue weighted by Gasteiger charge is -2.24. The molecule has 1 unspecified atom stereocenters. The molecule has 0 aliphatic heterocycles. The molecule has 4 heteroatoms. The van der Waals surface area contributed by atoms with E-state index in [0.29, 0.717) is 25.3 Å². The maximum atomic E-state index is 12.5. The summed E-state index contributed by atoms with van der Waals surface area (Å²) < 4.78 is 23.7. The van der Waals surface area contributed by atoms with E-state index in [9.17, 15) is 4.57 Å². The molecule has 0 heterocycles. The summed E-state index contributed by atoms with van der Waals surface area (Å²) in [5, 5.41) is 0. The average molecular weight is 276 g/mol. The van der Waals surface area contributed by atoms with Crippen LogP contribution in [0.5, 0.6) is 0 Å². The highest BCUT2D eigenvalue weighted by Gasteiger charge is 2.25. The molecule has 1 atom stereocenters. The van der Waals surface area contributed by atoms with Gasteiger partial charge in [-0.15, -0.1) is 0 Å². The SMILES string of the molecule is CCCCP(=O)(OCCC)OCC1CCCCC1. The molecule has 0 aromatic heterocycles. The van der Waals surface area contributed by atoms with Crippen molar-refractivity contribution in [3.63, 3.8) is 0 Å². The van der Waals surface area contributed by atoms with Crippen molar-refractivity contribution >= 4 is 7.60 Å². The van der Waals surface area contributed by atoms with Crippen LogP contribution in [0.1, 0.15) is 65.2 Å². The molecule has 0 amide bonds. The Morgan fingerprint density at radius 3 is 2.39 bits per heavy atom. The van der Waals surface area contributed by atoms with Crippen molar-refractivity contribution in [2.24, 2.45) is 5.92 Å². The number of unbranched alkanes of at least 4 members (excludes halogenated alkanes) is 1. The molecular weight excluding hydrogens is 247 g/mol. The van der Waals surface area contributed by atoms with Gasteiger partial charge in [0.05, 0.1) is 19.4 Å². The normalized spacial score (nSPS) is 20.8. The van der Waals surface area contributed by atoms with Crippen molar-refractivity contribution in [3.05, 3.63) is 0 Å². The lowest BCUT2D eigenvalue weighted by Crippen LogP contribution is -2.14. The predicted octanol–water partition coefficient (Wildman–Crippen LogP) is 5.00. The molecule has 18 heavy (non-hydrogen) atoms. The van der Waals surface area contributed by atoms with Gasteiger partial charge in [0.15, 0.2) is 0 Å². The second kappa shape index (κ2) is 9.12. The van der Waals surface area contributed by atoms with Gasteiger partial charge in [0.25, 0.3) is 0 Å². The first kappa shape index (κ1) is 16.2. The first-order valence-corrected chi connectivity index (χ1v) is 9.31. The number of hydrogen-bond donors (Lipinski definition) is 0. The summed E-state index contributed by atoms with van der Waals surface area (Å²) in [4.78, 5) is 0. The van der Waals surface area contributed by atoms with E-state index >= 15 is 0 Å². The van der Waals surface area contributed by atoms with E-state index in [1.807, 2.05) is 6.92 Å². The number of hydrogen-bond acceptors (Lipinski definition) is 3. The molecule has 1 fully saturated rings. The summed E-state index contributed by atoms with van der Waals surface area (Å²) in [5.41, 5.74) is 0. The van der Waals surface area contributed by atoms with Crippen LogP contribution in [-0.4, -0.2) is 19.4 Å². The Hall–Kier alpha value is 0.150. The van der Waals surface area contributed by atoms with Crippen LogP contribution in [-0.2, 0) is 13.6 Å². The van der Waals surface area contributed by atoms with Crippen LogP contribution >= 0.6 is 7.60 Å². The molecule has 0 radical (unpaired) electrons. The van der Waals surface area contributed by atoms with Gasteiger partial charge in [-0.05, 0) is 31.6 Å². The first-order chi connectivity index (χ1) is 8.70. The summed E-state index contributed by atoms with van der Waals surface area (Å²) in [7, 11) is -2.82. The molecule has 1 aliphatic carbocycles. The van der Waals surface area contributed by atoms with E-state index in [4.69, 9.17) is 9.05 Å². The van der Waals surface area contributed by atoms with Crippen LogP contribution in [0.25, 0.3) is 0 Å². The minimum Gasteiger partial charge on any atom is -0.309 e. The lowest BCUT2D eigenvalue weighted by molar-refractivity contribution is 0.160. The summed E-state index contributed by atoms with van der Waals surface area (Å²) in [6.45, 7) is 5.31. The Labute approximate surface area is 112 Å². The third kappa shape index (κ3) is 6.36. The van der Waals surface area contributed by atoms with Crippen LogP contribution in [0.2, 0.25) is 0 Å². The number of rotatable bonds is 9. The van der Waals surface area contributed by atoms with Gasteiger partial charge in [0.1, 0.15) is 0 Å². The van der Waals surface area contributed by atoms with Gasteiger partial charge in [0.2, 0.25) is 0 Å².